The van der Waals surface area contributed by atoms with Crippen molar-refractivity contribution in [3.63, 3.8) is 0 Å². The third-order valence-corrected chi connectivity index (χ3v) is 3.77. The lowest BCUT2D eigenvalue weighted by molar-refractivity contribution is -0.0584. The molecule has 24 heavy (non-hydrogen) atoms. The largest absolute Gasteiger partial charge is 0.365 e. The zero-order valence-corrected chi connectivity index (χ0v) is 13.6. The fraction of sp³-hybridized carbons (Fsp3) is 0.222. The van der Waals surface area contributed by atoms with Crippen molar-refractivity contribution in [2.45, 2.75) is 26.2 Å². The molecule has 0 spiro atoms. The summed E-state index contributed by atoms with van der Waals surface area (Å²) in [6.07, 6.45) is 3.01. The van der Waals surface area contributed by atoms with E-state index < -0.39 is 17.8 Å². The maximum Gasteiger partial charge on any atom is 0.365 e. The summed E-state index contributed by atoms with van der Waals surface area (Å²) in [5.41, 5.74) is 1.27. The number of nitrogens with zero attached hydrogens (tertiary/aromatic N) is 2. The summed E-state index contributed by atoms with van der Waals surface area (Å²) in [5.74, 6) is -2.10. The number of benzene rings is 1. The highest BCUT2D eigenvalue weighted by Gasteiger charge is 2.38. The topological polar surface area (TPSA) is 76.6 Å². The van der Waals surface area contributed by atoms with Gasteiger partial charge in [0.25, 0.3) is 11.8 Å². The first-order valence-corrected chi connectivity index (χ1v) is 7.44. The molecule has 1 aromatic heterocycles. The summed E-state index contributed by atoms with van der Waals surface area (Å²) in [5, 5.41) is 0.497. The Morgan fingerprint density at radius 2 is 1.62 bits per heavy atom. The van der Waals surface area contributed by atoms with E-state index in [2.05, 4.69) is 4.98 Å². The molecule has 0 saturated heterocycles. The molecule has 0 atom stereocenters. The van der Waals surface area contributed by atoms with Gasteiger partial charge in [0.15, 0.2) is 0 Å². The summed E-state index contributed by atoms with van der Waals surface area (Å²) in [6, 6.07) is 7.97. The van der Waals surface area contributed by atoms with Crippen molar-refractivity contribution in [3.8, 4) is 0 Å². The van der Waals surface area contributed by atoms with E-state index in [1.54, 1.807) is 24.4 Å². The highest BCUT2D eigenvalue weighted by atomic mass is 16.7. The van der Waals surface area contributed by atoms with Gasteiger partial charge in [0.1, 0.15) is 0 Å². The SMILES string of the molecule is CC(C)(C)c1cncc(C(=O)ON2C(=O)c3ccccc3C2=O)c1. The lowest BCUT2D eigenvalue weighted by Crippen LogP contribution is -2.32. The number of fused-ring (bicyclic) bond motifs is 1. The van der Waals surface area contributed by atoms with Crippen LogP contribution in [0.2, 0.25) is 0 Å². The molecule has 2 heterocycles. The van der Waals surface area contributed by atoms with Crippen LogP contribution in [-0.2, 0) is 10.3 Å². The van der Waals surface area contributed by atoms with Crippen molar-refractivity contribution < 1.29 is 19.2 Å². The van der Waals surface area contributed by atoms with Crippen LogP contribution in [-0.4, -0.2) is 27.8 Å². The Morgan fingerprint density at radius 1 is 1.04 bits per heavy atom. The van der Waals surface area contributed by atoms with Crippen LogP contribution in [0.15, 0.2) is 42.7 Å². The molecule has 1 aliphatic heterocycles. The van der Waals surface area contributed by atoms with Gasteiger partial charge in [-0.1, -0.05) is 38.0 Å². The van der Waals surface area contributed by atoms with Crippen molar-refractivity contribution in [1.82, 2.24) is 10.0 Å². The van der Waals surface area contributed by atoms with Gasteiger partial charge in [-0.25, -0.2) is 4.79 Å². The number of hydrogen-bond acceptors (Lipinski definition) is 5. The third kappa shape index (κ3) is 2.67. The van der Waals surface area contributed by atoms with Crippen molar-refractivity contribution >= 4 is 17.8 Å². The van der Waals surface area contributed by atoms with E-state index in [0.29, 0.717) is 5.06 Å². The zero-order chi connectivity index (χ0) is 17.5. The Labute approximate surface area is 139 Å². The lowest BCUT2D eigenvalue weighted by Gasteiger charge is -2.19. The Balaban J connectivity index is 1.84. The number of hydrogen-bond donors (Lipinski definition) is 0. The number of pyridine rings is 1. The minimum Gasteiger partial charge on any atom is -0.324 e. The minimum absolute atomic E-state index is 0.180. The summed E-state index contributed by atoms with van der Waals surface area (Å²) in [6.45, 7) is 5.97. The van der Waals surface area contributed by atoms with Crippen molar-refractivity contribution in [3.05, 3.63) is 65.0 Å². The number of amides is 2. The van der Waals surface area contributed by atoms with Gasteiger partial charge in [-0.15, -0.1) is 0 Å². The van der Waals surface area contributed by atoms with Crippen LogP contribution >= 0.6 is 0 Å². The minimum atomic E-state index is -0.803. The van der Waals surface area contributed by atoms with Crippen LogP contribution in [0, 0.1) is 0 Å². The van der Waals surface area contributed by atoms with Gasteiger partial charge in [0.2, 0.25) is 0 Å². The second kappa shape index (κ2) is 5.56. The van der Waals surface area contributed by atoms with E-state index in [1.165, 1.54) is 18.3 Å². The number of rotatable bonds is 2. The van der Waals surface area contributed by atoms with Crippen molar-refractivity contribution in [1.29, 1.82) is 0 Å². The monoisotopic (exact) mass is 324 g/mol. The van der Waals surface area contributed by atoms with Gasteiger partial charge < -0.3 is 4.84 Å². The summed E-state index contributed by atoms with van der Waals surface area (Å²) in [4.78, 5) is 45.8. The Bertz CT molecular complexity index is 817. The molecule has 6 nitrogen and oxygen atoms in total. The quantitative estimate of drug-likeness (QED) is 0.794. The molecule has 1 aliphatic rings. The Kier molecular flexibility index (Phi) is 3.67. The third-order valence-electron chi connectivity index (χ3n) is 3.77. The fourth-order valence-electron chi connectivity index (χ4n) is 2.35. The average molecular weight is 324 g/mol. The van der Waals surface area contributed by atoms with E-state index in [-0.39, 0.29) is 22.1 Å². The second-order valence-corrected chi connectivity index (χ2v) is 6.54. The van der Waals surface area contributed by atoms with Gasteiger partial charge >= 0.3 is 5.97 Å². The highest BCUT2D eigenvalue weighted by molar-refractivity contribution is 6.21. The lowest BCUT2D eigenvalue weighted by atomic mass is 9.88. The molecule has 6 heteroatoms. The molecule has 122 valence electrons. The van der Waals surface area contributed by atoms with E-state index >= 15 is 0 Å². The van der Waals surface area contributed by atoms with Gasteiger partial charge in [0.05, 0.1) is 16.7 Å². The van der Waals surface area contributed by atoms with Gasteiger partial charge in [-0.2, -0.15) is 0 Å². The molecule has 0 aliphatic carbocycles. The van der Waals surface area contributed by atoms with Crippen LogP contribution in [0.25, 0.3) is 0 Å². The first-order chi connectivity index (χ1) is 11.3. The molecular formula is C18H16N2O4. The molecule has 0 bridgehead atoms. The van der Waals surface area contributed by atoms with Crippen LogP contribution in [0.1, 0.15) is 57.4 Å². The van der Waals surface area contributed by atoms with Crippen LogP contribution in [0.3, 0.4) is 0 Å². The fourth-order valence-corrected chi connectivity index (χ4v) is 2.35. The van der Waals surface area contributed by atoms with Crippen LogP contribution in [0.5, 0.6) is 0 Å². The maximum atomic E-state index is 12.3. The molecule has 1 aromatic carbocycles. The number of carbonyl (C=O) groups excluding carboxylic acids is 3. The number of hydroxylamine groups is 2. The van der Waals surface area contributed by atoms with Crippen LogP contribution < -0.4 is 0 Å². The molecule has 0 saturated carbocycles. The number of imide groups is 1. The predicted octanol–water partition coefficient (Wildman–Crippen LogP) is 2.75. The highest BCUT2D eigenvalue weighted by Crippen LogP contribution is 2.25. The molecule has 2 aromatic rings. The van der Waals surface area contributed by atoms with Gasteiger partial charge in [-0.3, -0.25) is 14.6 Å². The summed E-state index contributed by atoms with van der Waals surface area (Å²) >= 11 is 0. The molecule has 0 N–H and O–H groups in total. The Hall–Kier alpha value is -3.02. The predicted molar refractivity (Wildman–Crippen MR) is 85.3 cm³/mol. The van der Waals surface area contributed by atoms with E-state index in [4.69, 9.17) is 4.84 Å². The first-order valence-electron chi connectivity index (χ1n) is 7.44. The zero-order valence-electron chi connectivity index (χ0n) is 13.6. The van der Waals surface area contributed by atoms with Gasteiger partial charge in [0, 0.05) is 12.4 Å². The maximum absolute atomic E-state index is 12.3. The normalized spacial score (nSPS) is 13.9. The van der Waals surface area contributed by atoms with Crippen molar-refractivity contribution in [2.24, 2.45) is 0 Å². The van der Waals surface area contributed by atoms with E-state index in [1.807, 2.05) is 20.8 Å². The number of aromatic nitrogens is 1. The molecule has 0 fully saturated rings. The summed E-state index contributed by atoms with van der Waals surface area (Å²) < 4.78 is 0. The first kappa shape index (κ1) is 15.9. The molecule has 3 rings (SSSR count). The molecule has 0 radical (unpaired) electrons. The average Bonchev–Trinajstić information content (AvgIpc) is 2.80. The van der Waals surface area contributed by atoms with Gasteiger partial charge in [-0.05, 0) is 29.2 Å². The summed E-state index contributed by atoms with van der Waals surface area (Å²) in [7, 11) is 0. The second-order valence-electron chi connectivity index (χ2n) is 6.54. The number of carbonyl (C=O) groups is 3. The van der Waals surface area contributed by atoms with Crippen LogP contribution in [0.4, 0.5) is 0 Å². The van der Waals surface area contributed by atoms with Crippen molar-refractivity contribution in [2.75, 3.05) is 0 Å². The smallest absolute Gasteiger partial charge is 0.324 e. The van der Waals surface area contributed by atoms with E-state index in [0.717, 1.165) is 5.56 Å². The standard InChI is InChI=1S/C18H16N2O4/c1-18(2,3)12-8-11(9-19-10-12)17(23)24-20-15(21)13-6-4-5-7-14(13)16(20)22/h4-10H,1-3H3. The molecule has 0 unspecified atom stereocenters. The molecular weight excluding hydrogens is 308 g/mol. The molecule has 2 amide bonds. The van der Waals surface area contributed by atoms with E-state index in [9.17, 15) is 14.4 Å². The Morgan fingerprint density at radius 3 is 2.17 bits per heavy atom.